The Bertz CT molecular complexity index is 506. The summed E-state index contributed by atoms with van der Waals surface area (Å²) < 4.78 is 40.8. The van der Waals surface area contributed by atoms with E-state index in [0.29, 0.717) is 18.0 Å². The highest BCUT2D eigenvalue weighted by atomic mass is 35.5. The number of rotatable bonds is 6. The molecule has 1 atom stereocenters. The van der Waals surface area contributed by atoms with Crippen LogP contribution >= 0.6 is 12.4 Å². The molecule has 1 fully saturated rings. The van der Waals surface area contributed by atoms with E-state index in [9.17, 15) is 18.0 Å². The Kier molecular flexibility index (Phi) is 7.64. The van der Waals surface area contributed by atoms with Crippen molar-refractivity contribution in [1.29, 1.82) is 0 Å². The fourth-order valence-corrected chi connectivity index (χ4v) is 2.46. The van der Waals surface area contributed by atoms with Crippen molar-refractivity contribution >= 4 is 18.3 Å². The van der Waals surface area contributed by atoms with Gasteiger partial charge >= 0.3 is 6.36 Å². The fourth-order valence-electron chi connectivity index (χ4n) is 2.46. The van der Waals surface area contributed by atoms with Crippen LogP contribution in [0.25, 0.3) is 0 Å². The average molecular weight is 353 g/mol. The summed E-state index contributed by atoms with van der Waals surface area (Å²) in [7, 11) is 0. The van der Waals surface area contributed by atoms with Crippen molar-refractivity contribution in [3.8, 4) is 5.75 Å². The SMILES string of the molecule is Cl.O=C(CCC1CCCN1)NCc1ccccc1OC(F)(F)F. The van der Waals surface area contributed by atoms with Crippen LogP contribution in [0, 0.1) is 0 Å². The number of hydrogen-bond donors (Lipinski definition) is 2. The van der Waals surface area contributed by atoms with Gasteiger partial charge in [-0.25, -0.2) is 0 Å². The Labute approximate surface area is 139 Å². The summed E-state index contributed by atoms with van der Waals surface area (Å²) in [6.45, 7) is 0.998. The van der Waals surface area contributed by atoms with Crippen LogP contribution in [0.3, 0.4) is 0 Å². The Morgan fingerprint density at radius 3 is 2.74 bits per heavy atom. The van der Waals surface area contributed by atoms with Gasteiger partial charge in [-0.15, -0.1) is 25.6 Å². The number of hydrogen-bond acceptors (Lipinski definition) is 3. The number of ether oxygens (including phenoxy) is 1. The molecule has 23 heavy (non-hydrogen) atoms. The maximum Gasteiger partial charge on any atom is 0.573 e. The molecule has 0 radical (unpaired) electrons. The van der Waals surface area contributed by atoms with Gasteiger partial charge < -0.3 is 15.4 Å². The molecule has 8 heteroatoms. The van der Waals surface area contributed by atoms with E-state index < -0.39 is 6.36 Å². The van der Waals surface area contributed by atoms with Crippen LogP contribution in [0.2, 0.25) is 0 Å². The number of amides is 1. The molecule has 1 aromatic rings. The first-order valence-electron chi connectivity index (χ1n) is 7.28. The van der Waals surface area contributed by atoms with Gasteiger partial charge in [0.15, 0.2) is 0 Å². The fraction of sp³-hybridized carbons (Fsp3) is 0.533. The second-order valence-corrected chi connectivity index (χ2v) is 5.26. The second kappa shape index (κ2) is 8.98. The highest BCUT2D eigenvalue weighted by Gasteiger charge is 2.31. The van der Waals surface area contributed by atoms with E-state index >= 15 is 0 Å². The predicted octanol–water partition coefficient (Wildman–Crippen LogP) is 3.16. The van der Waals surface area contributed by atoms with Gasteiger partial charge in [0, 0.05) is 24.6 Å². The number of benzene rings is 1. The first kappa shape index (κ1) is 19.6. The van der Waals surface area contributed by atoms with Crippen molar-refractivity contribution < 1.29 is 22.7 Å². The molecule has 1 aliphatic rings. The van der Waals surface area contributed by atoms with Crippen LogP contribution in [-0.2, 0) is 11.3 Å². The van der Waals surface area contributed by atoms with Gasteiger partial charge in [-0.05, 0) is 31.9 Å². The Hall–Kier alpha value is -1.47. The average Bonchev–Trinajstić information content (AvgIpc) is 2.96. The van der Waals surface area contributed by atoms with Gasteiger partial charge in [0.1, 0.15) is 5.75 Å². The van der Waals surface area contributed by atoms with Crippen LogP contribution < -0.4 is 15.4 Å². The summed E-state index contributed by atoms with van der Waals surface area (Å²) in [4.78, 5) is 11.8. The number of carbonyl (C=O) groups excluding carboxylic acids is 1. The van der Waals surface area contributed by atoms with Crippen LogP contribution in [0.1, 0.15) is 31.2 Å². The van der Waals surface area contributed by atoms with Gasteiger partial charge in [0.2, 0.25) is 5.91 Å². The third-order valence-electron chi connectivity index (χ3n) is 3.56. The van der Waals surface area contributed by atoms with E-state index in [1.54, 1.807) is 6.07 Å². The Morgan fingerprint density at radius 1 is 1.35 bits per heavy atom. The molecule has 2 rings (SSSR count). The minimum atomic E-state index is -4.74. The number of nitrogens with one attached hydrogen (secondary N) is 2. The van der Waals surface area contributed by atoms with Crippen molar-refractivity contribution in [2.75, 3.05) is 6.54 Å². The maximum atomic E-state index is 12.3. The largest absolute Gasteiger partial charge is 0.573 e. The van der Waals surface area contributed by atoms with Crippen LogP contribution in [0.15, 0.2) is 24.3 Å². The van der Waals surface area contributed by atoms with Crippen LogP contribution in [0.4, 0.5) is 13.2 Å². The lowest BCUT2D eigenvalue weighted by Crippen LogP contribution is -2.27. The number of alkyl halides is 3. The van der Waals surface area contributed by atoms with Gasteiger partial charge in [0.05, 0.1) is 0 Å². The minimum absolute atomic E-state index is 0. The summed E-state index contributed by atoms with van der Waals surface area (Å²) in [5.74, 6) is -0.455. The third kappa shape index (κ3) is 7.09. The minimum Gasteiger partial charge on any atom is -0.405 e. The normalized spacial score (nSPS) is 17.4. The van der Waals surface area contributed by atoms with Gasteiger partial charge in [-0.3, -0.25) is 4.79 Å². The maximum absolute atomic E-state index is 12.3. The van der Waals surface area contributed by atoms with E-state index in [0.717, 1.165) is 25.8 Å². The smallest absolute Gasteiger partial charge is 0.405 e. The molecule has 0 saturated carbocycles. The molecule has 1 aromatic carbocycles. The lowest BCUT2D eigenvalue weighted by Gasteiger charge is -2.14. The summed E-state index contributed by atoms with van der Waals surface area (Å²) in [5, 5.41) is 5.93. The number of para-hydroxylation sites is 1. The first-order chi connectivity index (χ1) is 10.4. The highest BCUT2D eigenvalue weighted by Crippen LogP contribution is 2.26. The Balaban J connectivity index is 0.00000264. The third-order valence-corrected chi connectivity index (χ3v) is 3.56. The van der Waals surface area contributed by atoms with Crippen molar-refractivity contribution in [1.82, 2.24) is 10.6 Å². The number of carbonyl (C=O) groups is 1. The summed E-state index contributed by atoms with van der Waals surface area (Å²) in [5.41, 5.74) is 0.298. The zero-order chi connectivity index (χ0) is 16.0. The van der Waals surface area contributed by atoms with E-state index in [1.807, 2.05) is 0 Å². The first-order valence-corrected chi connectivity index (χ1v) is 7.28. The number of halogens is 4. The zero-order valence-corrected chi connectivity index (χ0v) is 13.3. The lowest BCUT2D eigenvalue weighted by atomic mass is 10.1. The molecule has 0 bridgehead atoms. The van der Waals surface area contributed by atoms with Crippen molar-refractivity contribution in [3.05, 3.63) is 29.8 Å². The van der Waals surface area contributed by atoms with E-state index in [4.69, 9.17) is 0 Å². The van der Waals surface area contributed by atoms with E-state index in [1.165, 1.54) is 18.2 Å². The molecular weight excluding hydrogens is 333 g/mol. The zero-order valence-electron chi connectivity index (χ0n) is 12.5. The quantitative estimate of drug-likeness (QED) is 0.827. The van der Waals surface area contributed by atoms with Gasteiger partial charge in [-0.1, -0.05) is 18.2 Å². The van der Waals surface area contributed by atoms with E-state index in [2.05, 4.69) is 15.4 Å². The van der Waals surface area contributed by atoms with Crippen molar-refractivity contribution in [2.24, 2.45) is 0 Å². The molecule has 0 aliphatic carbocycles. The molecule has 0 spiro atoms. The molecule has 0 aromatic heterocycles. The molecule has 2 N–H and O–H groups in total. The molecule has 130 valence electrons. The van der Waals surface area contributed by atoms with Gasteiger partial charge in [0.25, 0.3) is 0 Å². The standard InChI is InChI=1S/C15H19F3N2O2.ClH/c16-15(17,18)22-13-6-2-1-4-11(13)10-20-14(21)8-7-12-5-3-9-19-12;/h1-2,4,6,12,19H,3,5,7-10H2,(H,20,21);1H. The second-order valence-electron chi connectivity index (χ2n) is 5.26. The monoisotopic (exact) mass is 352 g/mol. The molecule has 1 amide bonds. The van der Waals surface area contributed by atoms with E-state index in [-0.39, 0.29) is 30.6 Å². The summed E-state index contributed by atoms with van der Waals surface area (Å²) >= 11 is 0. The van der Waals surface area contributed by atoms with Gasteiger partial charge in [-0.2, -0.15) is 0 Å². The molecular formula is C15H20ClF3N2O2. The van der Waals surface area contributed by atoms with Crippen molar-refractivity contribution in [2.45, 2.75) is 44.6 Å². The topological polar surface area (TPSA) is 50.4 Å². The van der Waals surface area contributed by atoms with Crippen LogP contribution in [0.5, 0.6) is 5.75 Å². The molecule has 4 nitrogen and oxygen atoms in total. The molecule has 1 heterocycles. The Morgan fingerprint density at radius 2 is 2.09 bits per heavy atom. The highest BCUT2D eigenvalue weighted by molar-refractivity contribution is 5.85. The summed E-state index contributed by atoms with van der Waals surface area (Å²) in [6, 6.07) is 6.16. The molecule has 1 unspecified atom stereocenters. The molecule has 1 aliphatic heterocycles. The predicted molar refractivity (Wildman–Crippen MR) is 82.5 cm³/mol. The van der Waals surface area contributed by atoms with Crippen LogP contribution in [-0.4, -0.2) is 24.9 Å². The molecule has 1 saturated heterocycles. The summed E-state index contributed by atoms with van der Waals surface area (Å²) in [6.07, 6.45) is -1.45. The lowest BCUT2D eigenvalue weighted by molar-refractivity contribution is -0.274. The van der Waals surface area contributed by atoms with Crippen molar-refractivity contribution in [3.63, 3.8) is 0 Å².